The maximum atomic E-state index is 9.75. The van der Waals surface area contributed by atoms with Crippen LogP contribution in [-0.2, 0) is 0 Å². The largest absolute Gasteiger partial charge is 0.673 e. The van der Waals surface area contributed by atoms with Gasteiger partial charge in [-0.25, -0.2) is 0 Å². The van der Waals surface area contributed by atoms with E-state index in [2.05, 4.69) is 28.7 Å². The number of rotatable bonds is 1. The molecule has 2 nitrogen and oxygen atoms in total. The molecule has 5 rings (SSSR count). The van der Waals surface area contributed by atoms with Crippen LogP contribution in [0.15, 0.2) is 71.1 Å². The van der Waals surface area contributed by atoms with Crippen molar-refractivity contribution in [2.24, 2.45) is 0 Å². The SMILES string of the molecule is Clc1ccc2c(c1)-c1c(-c3ccccc3)oc3cccc-2[n+]13.F[B-](F)(F)F. The van der Waals surface area contributed by atoms with Gasteiger partial charge in [-0.2, -0.15) is 0 Å². The molecule has 0 bridgehead atoms. The van der Waals surface area contributed by atoms with Gasteiger partial charge >= 0.3 is 13.0 Å². The molecule has 3 heterocycles. The number of fused-ring (bicyclic) bond motifs is 3. The number of nitrogens with zero attached hydrogens (tertiary/aromatic N) is 1. The average molecular weight is 392 g/mol. The smallest absolute Gasteiger partial charge is 0.418 e. The second kappa shape index (κ2) is 6.42. The van der Waals surface area contributed by atoms with Gasteiger partial charge in [0.1, 0.15) is 0 Å². The third-order valence-corrected chi connectivity index (χ3v) is 4.38. The summed E-state index contributed by atoms with van der Waals surface area (Å²) >= 11 is 6.23. The highest BCUT2D eigenvalue weighted by Gasteiger charge is 2.37. The van der Waals surface area contributed by atoms with Crippen molar-refractivity contribution in [1.29, 1.82) is 0 Å². The van der Waals surface area contributed by atoms with E-state index in [0.717, 1.165) is 39.0 Å². The molecule has 0 spiro atoms. The van der Waals surface area contributed by atoms with Crippen molar-refractivity contribution in [2.75, 3.05) is 0 Å². The zero-order valence-electron chi connectivity index (χ0n) is 13.7. The Kier molecular flexibility index (Phi) is 4.19. The van der Waals surface area contributed by atoms with Crippen molar-refractivity contribution >= 4 is 24.6 Å². The van der Waals surface area contributed by atoms with Crippen LogP contribution in [0, 0.1) is 0 Å². The van der Waals surface area contributed by atoms with Gasteiger partial charge in [-0.1, -0.05) is 41.9 Å². The van der Waals surface area contributed by atoms with E-state index in [1.54, 1.807) is 0 Å². The third-order valence-electron chi connectivity index (χ3n) is 4.15. The van der Waals surface area contributed by atoms with Gasteiger partial charge in [0.25, 0.3) is 5.69 Å². The normalized spacial score (nSPS) is 11.9. The van der Waals surface area contributed by atoms with Crippen molar-refractivity contribution in [3.8, 4) is 33.8 Å². The van der Waals surface area contributed by atoms with Crippen LogP contribution in [0.5, 0.6) is 0 Å². The molecule has 0 atom stereocenters. The molecule has 2 aromatic carbocycles. The zero-order valence-corrected chi connectivity index (χ0v) is 14.4. The first-order valence-electron chi connectivity index (χ1n) is 8.03. The van der Waals surface area contributed by atoms with E-state index in [9.17, 15) is 17.3 Å². The second-order valence-electron chi connectivity index (χ2n) is 5.92. The molecule has 0 radical (unpaired) electrons. The Hall–Kier alpha value is -2.80. The molecule has 2 aromatic heterocycles. The fraction of sp³-hybridized carbons (Fsp3) is 0. The van der Waals surface area contributed by atoms with Crippen LogP contribution in [0.1, 0.15) is 0 Å². The third kappa shape index (κ3) is 3.30. The van der Waals surface area contributed by atoms with E-state index < -0.39 is 7.25 Å². The van der Waals surface area contributed by atoms with E-state index in [1.165, 1.54) is 5.56 Å². The number of hydrogen-bond donors (Lipinski definition) is 0. The molecule has 0 fully saturated rings. The Labute approximate surface area is 156 Å². The van der Waals surface area contributed by atoms with Crippen LogP contribution >= 0.6 is 11.6 Å². The van der Waals surface area contributed by atoms with Gasteiger partial charge in [0.05, 0.1) is 17.2 Å². The number of pyridine rings is 1. The highest BCUT2D eigenvalue weighted by molar-refractivity contribution is 6.50. The second-order valence-corrected chi connectivity index (χ2v) is 6.35. The molecule has 0 saturated carbocycles. The van der Waals surface area contributed by atoms with Crippen LogP contribution in [-0.4, -0.2) is 7.25 Å². The fourth-order valence-corrected chi connectivity index (χ4v) is 3.40. The topological polar surface area (TPSA) is 17.2 Å². The molecule has 0 N–H and O–H groups in total. The molecule has 136 valence electrons. The minimum atomic E-state index is -6.00. The van der Waals surface area contributed by atoms with Crippen molar-refractivity contribution < 1.29 is 26.1 Å². The minimum absolute atomic E-state index is 0.737. The molecule has 27 heavy (non-hydrogen) atoms. The summed E-state index contributed by atoms with van der Waals surface area (Å²) in [4.78, 5) is 0. The summed E-state index contributed by atoms with van der Waals surface area (Å²) in [5, 5.41) is 0.737. The maximum Gasteiger partial charge on any atom is 0.673 e. The Morgan fingerprint density at radius 2 is 1.52 bits per heavy atom. The van der Waals surface area contributed by atoms with Crippen LogP contribution in [0.3, 0.4) is 0 Å². The summed E-state index contributed by atoms with van der Waals surface area (Å²) in [7, 11) is -6.00. The van der Waals surface area contributed by atoms with Crippen LogP contribution in [0.2, 0.25) is 5.02 Å². The van der Waals surface area contributed by atoms with E-state index >= 15 is 0 Å². The highest BCUT2D eigenvalue weighted by atomic mass is 35.5. The summed E-state index contributed by atoms with van der Waals surface area (Å²) in [5.74, 6) is 0.883. The standard InChI is InChI=1S/C19H11ClNO.BF4/c20-13-9-10-14-15(11-13)18-19(12-5-2-1-3-6-12)22-17-8-4-7-16(14)21(17)18;2-1(3,4)5/h1-11H;/q+1;-1. The number of halogens is 5. The number of hydrogen-bond acceptors (Lipinski definition) is 1. The summed E-state index contributed by atoms with van der Waals surface area (Å²) in [5.41, 5.74) is 6.45. The summed E-state index contributed by atoms with van der Waals surface area (Å²) < 4.78 is 47.3. The van der Waals surface area contributed by atoms with Crippen molar-refractivity contribution in [3.05, 3.63) is 71.8 Å². The number of aromatic nitrogens is 1. The van der Waals surface area contributed by atoms with Crippen molar-refractivity contribution in [2.45, 2.75) is 0 Å². The van der Waals surface area contributed by atoms with E-state index in [4.69, 9.17) is 16.0 Å². The van der Waals surface area contributed by atoms with E-state index in [-0.39, 0.29) is 0 Å². The Morgan fingerprint density at radius 1 is 0.815 bits per heavy atom. The van der Waals surface area contributed by atoms with Gasteiger partial charge in [0.15, 0.2) is 0 Å². The zero-order chi connectivity index (χ0) is 19.2. The van der Waals surface area contributed by atoms with Gasteiger partial charge in [-0.3, -0.25) is 0 Å². The predicted octanol–water partition coefficient (Wildman–Crippen LogP) is 6.29. The van der Waals surface area contributed by atoms with Crippen molar-refractivity contribution in [1.82, 2.24) is 0 Å². The maximum absolute atomic E-state index is 9.75. The molecule has 4 aromatic rings. The molecule has 0 saturated heterocycles. The molecule has 1 aliphatic heterocycles. The molecule has 0 amide bonds. The Balaban J connectivity index is 0.000000323. The molecule has 8 heteroatoms. The summed E-state index contributed by atoms with van der Waals surface area (Å²) in [6.45, 7) is 0. The van der Waals surface area contributed by atoms with Crippen molar-refractivity contribution in [3.63, 3.8) is 0 Å². The Morgan fingerprint density at radius 3 is 2.22 bits per heavy atom. The summed E-state index contributed by atoms with van der Waals surface area (Å²) in [6.07, 6.45) is 0. The molecule has 0 unspecified atom stereocenters. The van der Waals surface area contributed by atoms with Gasteiger partial charge < -0.3 is 21.7 Å². The first-order chi connectivity index (χ1) is 12.8. The minimum Gasteiger partial charge on any atom is -0.418 e. The van der Waals surface area contributed by atoms with Gasteiger partial charge in [0, 0.05) is 16.7 Å². The monoisotopic (exact) mass is 391 g/mol. The van der Waals surface area contributed by atoms with E-state index in [0.29, 0.717) is 0 Å². The molecule has 1 aliphatic rings. The van der Waals surface area contributed by atoms with Gasteiger partial charge in [0.2, 0.25) is 11.5 Å². The van der Waals surface area contributed by atoms with Crippen LogP contribution < -0.4 is 4.40 Å². The number of oxazole rings is 1. The van der Waals surface area contributed by atoms with Gasteiger partial charge in [-0.15, -0.1) is 4.40 Å². The fourth-order valence-electron chi connectivity index (χ4n) is 3.23. The predicted molar refractivity (Wildman–Crippen MR) is 96.9 cm³/mol. The first-order valence-corrected chi connectivity index (χ1v) is 8.41. The molecule has 0 aliphatic carbocycles. The Bertz CT molecular complexity index is 1140. The van der Waals surface area contributed by atoms with Gasteiger partial charge in [-0.05, 0) is 24.3 Å². The van der Waals surface area contributed by atoms with Crippen LogP contribution in [0.25, 0.3) is 39.6 Å². The lowest BCUT2D eigenvalue weighted by Crippen LogP contribution is -2.20. The van der Waals surface area contributed by atoms with E-state index in [1.807, 2.05) is 42.5 Å². The molecular formula is C19H11BClF4NO. The lowest BCUT2D eigenvalue weighted by Gasteiger charge is -1.99. The number of benzene rings is 2. The summed E-state index contributed by atoms with van der Waals surface area (Å²) in [6, 6.07) is 22.3. The lowest BCUT2D eigenvalue weighted by molar-refractivity contribution is -0.485. The van der Waals surface area contributed by atoms with Crippen LogP contribution in [0.4, 0.5) is 17.3 Å². The average Bonchev–Trinajstić information content (AvgIpc) is 3.15. The lowest BCUT2D eigenvalue weighted by atomic mass is 10.0. The highest BCUT2D eigenvalue weighted by Crippen LogP contribution is 2.42. The first kappa shape index (κ1) is 17.6. The quantitative estimate of drug-likeness (QED) is 0.187. The molecular weight excluding hydrogens is 380 g/mol.